The zero-order valence-electron chi connectivity index (χ0n) is 64.1. The van der Waals surface area contributed by atoms with Crippen LogP contribution in [0.4, 0.5) is 0 Å². The molecule has 0 heterocycles. The van der Waals surface area contributed by atoms with Gasteiger partial charge in [-0.2, -0.15) is 0 Å². The third-order valence-electron chi connectivity index (χ3n) is 15.3. The Labute approximate surface area is 628 Å². The van der Waals surface area contributed by atoms with E-state index in [-0.39, 0.29) is 25.7 Å². The van der Waals surface area contributed by atoms with Crippen molar-refractivity contribution in [3.63, 3.8) is 0 Å². The Morgan fingerprint density at radius 3 is 0.856 bits per heavy atom. The number of allylic oxidation sites excluding steroid dienone is 30. The van der Waals surface area contributed by atoms with Gasteiger partial charge in [-0.15, -0.1) is 0 Å². The number of phosphoric acid groups is 2. The molecular formula is C85H136O17P2. The van der Waals surface area contributed by atoms with Crippen LogP contribution < -0.4 is 0 Å². The number of unbranched alkanes of at least 4 members (excludes halogenated alkanes) is 15. The van der Waals surface area contributed by atoms with Gasteiger partial charge in [0.2, 0.25) is 0 Å². The van der Waals surface area contributed by atoms with E-state index in [1.54, 1.807) is 0 Å². The predicted octanol–water partition coefficient (Wildman–Crippen LogP) is 22.8. The first kappa shape index (κ1) is 98.2. The van der Waals surface area contributed by atoms with Crippen LogP contribution in [0.1, 0.15) is 272 Å². The lowest BCUT2D eigenvalue weighted by Gasteiger charge is -2.21. The molecule has 19 heteroatoms. The lowest BCUT2D eigenvalue weighted by molar-refractivity contribution is -0.161. The normalized spacial score (nSPS) is 14.9. The molecule has 17 nitrogen and oxygen atoms in total. The predicted molar refractivity (Wildman–Crippen MR) is 426 cm³/mol. The van der Waals surface area contributed by atoms with Gasteiger partial charge in [0, 0.05) is 25.7 Å². The first-order chi connectivity index (χ1) is 50.7. The van der Waals surface area contributed by atoms with Crippen LogP contribution in [0, 0.1) is 0 Å². The van der Waals surface area contributed by atoms with E-state index in [1.807, 2.05) is 36.5 Å². The number of hydrogen-bond acceptors (Lipinski definition) is 15. The van der Waals surface area contributed by atoms with E-state index in [4.69, 9.17) is 37.0 Å². The minimum atomic E-state index is -5.01. The van der Waals surface area contributed by atoms with Crippen molar-refractivity contribution >= 4 is 39.5 Å². The zero-order valence-corrected chi connectivity index (χ0v) is 65.9. The molecule has 5 unspecified atom stereocenters. The number of phosphoric ester groups is 2. The maximum absolute atomic E-state index is 13.1. The standard InChI is InChI=1S/C85H136O17P2/c1-5-9-13-17-21-25-29-33-35-37-39-41-43-47-49-53-57-61-65-69-82(87)95-75-80(101-84(89)71-67-63-59-55-51-45-31-27-23-19-15-11-7-3)77-99-103(91,92)97-73-79(86)74-98-104(93,94)100-78-81(102-85(90)72-68-64-60-56-52-46-32-28-24-20-16-12-8-4)76-96-83(88)70-66-62-58-54-50-48-44-42-40-38-36-34-30-26-22-18-14-10-6-2/h9-10,13-15,19,21-22,25-28,31-36,39-42,47-50,57-58,61-62,79-81,86H,5-8,11-12,16-18,20,23-24,29-30,37-38,43-46,51-56,59-60,63-78H2,1-4H3,(H,91,92)(H,93,94)/b13-9-,14-10-,19-15-,25-21-,26-22-,31-27-,32-28-,35-33-,36-34-,41-39-,42-40-,49-47-,50-48-,61-57-,62-58-. The van der Waals surface area contributed by atoms with E-state index in [0.29, 0.717) is 38.5 Å². The maximum Gasteiger partial charge on any atom is 0.472 e. The minimum Gasteiger partial charge on any atom is -0.462 e. The molecule has 104 heavy (non-hydrogen) atoms. The number of carbonyl (C=O) groups excluding carboxylic acids is 4. The van der Waals surface area contributed by atoms with Gasteiger partial charge < -0.3 is 33.8 Å². The van der Waals surface area contributed by atoms with E-state index in [0.717, 1.165) is 154 Å². The van der Waals surface area contributed by atoms with Crippen LogP contribution in [0.15, 0.2) is 182 Å². The fourth-order valence-electron chi connectivity index (χ4n) is 9.48. The van der Waals surface area contributed by atoms with Gasteiger partial charge in [0.05, 0.1) is 26.4 Å². The molecule has 0 saturated carbocycles. The molecule has 5 atom stereocenters. The monoisotopic (exact) mass is 1490 g/mol. The van der Waals surface area contributed by atoms with Crippen molar-refractivity contribution in [2.75, 3.05) is 39.6 Å². The van der Waals surface area contributed by atoms with E-state index in [1.165, 1.54) is 25.7 Å². The molecule has 0 amide bonds. The quantitative estimate of drug-likeness (QED) is 0.0169. The smallest absolute Gasteiger partial charge is 0.462 e. The first-order valence-electron chi connectivity index (χ1n) is 39.0. The number of esters is 4. The van der Waals surface area contributed by atoms with Crippen molar-refractivity contribution in [2.45, 2.75) is 290 Å². The minimum absolute atomic E-state index is 0.0252. The summed E-state index contributed by atoms with van der Waals surface area (Å²) in [5.74, 6) is -2.41. The van der Waals surface area contributed by atoms with Crippen molar-refractivity contribution in [2.24, 2.45) is 0 Å². The highest BCUT2D eigenvalue weighted by Crippen LogP contribution is 2.45. The molecule has 0 fully saturated rings. The summed E-state index contributed by atoms with van der Waals surface area (Å²) in [4.78, 5) is 72.9. The third kappa shape index (κ3) is 74.4. The van der Waals surface area contributed by atoms with Gasteiger partial charge in [-0.25, -0.2) is 9.13 Å². The van der Waals surface area contributed by atoms with Crippen LogP contribution >= 0.6 is 15.6 Å². The molecule has 0 aromatic heterocycles. The summed E-state index contributed by atoms with van der Waals surface area (Å²) in [6, 6.07) is 0. The highest BCUT2D eigenvalue weighted by atomic mass is 31.2. The average Bonchev–Trinajstić information content (AvgIpc) is 0.913. The van der Waals surface area contributed by atoms with Crippen molar-refractivity contribution in [1.29, 1.82) is 0 Å². The van der Waals surface area contributed by atoms with E-state index in [9.17, 15) is 43.2 Å². The van der Waals surface area contributed by atoms with Crippen molar-refractivity contribution in [3.8, 4) is 0 Å². The van der Waals surface area contributed by atoms with Crippen LogP contribution in [-0.2, 0) is 65.4 Å². The highest BCUT2D eigenvalue weighted by molar-refractivity contribution is 7.47. The highest BCUT2D eigenvalue weighted by Gasteiger charge is 2.30. The summed E-state index contributed by atoms with van der Waals surface area (Å²) in [5, 5.41) is 10.6. The van der Waals surface area contributed by atoms with Crippen molar-refractivity contribution in [3.05, 3.63) is 182 Å². The van der Waals surface area contributed by atoms with E-state index >= 15 is 0 Å². The Hall–Kier alpha value is -5.84. The number of aliphatic hydroxyl groups excluding tert-OH is 1. The lowest BCUT2D eigenvalue weighted by Crippen LogP contribution is -2.30. The average molecular weight is 1490 g/mol. The second kappa shape index (κ2) is 75.4. The molecule has 0 aliphatic rings. The van der Waals surface area contributed by atoms with Gasteiger partial charge in [-0.1, -0.05) is 274 Å². The molecular weight excluding hydrogens is 1350 g/mol. The second-order valence-corrected chi connectivity index (χ2v) is 28.1. The van der Waals surface area contributed by atoms with E-state index < -0.39 is 97.5 Å². The SMILES string of the molecule is CC/C=C\C/C=C\C/C=C\C/C=C\C/C=C\C/C=C\CCC(=O)OCC(COP(=O)(O)OCC(O)COP(=O)(O)OCC(COC(=O)CC/C=C\C/C=C\C/C=C\C/C=C\C/C=C\C/C=C\CC)OC(=O)CCCCCCC/C=C\CCCCCC)OC(=O)CCCCCCC/C=C\C/C=C\CCC. The summed E-state index contributed by atoms with van der Waals surface area (Å²) in [6.07, 6.45) is 90.6. The number of ether oxygens (including phenoxy) is 4. The van der Waals surface area contributed by atoms with Crippen LogP contribution in [0.2, 0.25) is 0 Å². The van der Waals surface area contributed by atoms with Crippen molar-refractivity contribution in [1.82, 2.24) is 0 Å². The summed E-state index contributed by atoms with van der Waals surface area (Å²) in [5.41, 5.74) is 0. The summed E-state index contributed by atoms with van der Waals surface area (Å²) in [6.45, 7) is 4.33. The lowest BCUT2D eigenvalue weighted by atomic mass is 10.1. The molecule has 0 saturated heterocycles. The van der Waals surface area contributed by atoms with Crippen LogP contribution in [-0.4, -0.2) is 96.7 Å². The molecule has 0 bridgehead atoms. The Morgan fingerprint density at radius 2 is 0.538 bits per heavy atom. The molecule has 0 rings (SSSR count). The van der Waals surface area contributed by atoms with Crippen LogP contribution in [0.25, 0.3) is 0 Å². The molecule has 0 aliphatic carbocycles. The van der Waals surface area contributed by atoms with Gasteiger partial charge in [0.25, 0.3) is 0 Å². The molecule has 0 aromatic carbocycles. The Morgan fingerprint density at radius 1 is 0.279 bits per heavy atom. The Balaban J connectivity index is 5.49. The van der Waals surface area contributed by atoms with Crippen LogP contribution in [0.3, 0.4) is 0 Å². The van der Waals surface area contributed by atoms with Gasteiger partial charge >= 0.3 is 39.5 Å². The fraction of sp³-hybridized carbons (Fsp3) is 0.600. The summed E-state index contributed by atoms with van der Waals surface area (Å²) < 4.78 is 68.3. The molecule has 3 N–H and O–H groups in total. The zero-order chi connectivity index (χ0) is 76.0. The molecule has 0 radical (unpaired) electrons. The van der Waals surface area contributed by atoms with Gasteiger partial charge in [0.1, 0.15) is 19.3 Å². The molecule has 588 valence electrons. The number of hydrogen-bond donors (Lipinski definition) is 3. The van der Waals surface area contributed by atoms with E-state index in [2.05, 4.69) is 174 Å². The first-order valence-corrected chi connectivity index (χ1v) is 42.0. The number of rotatable bonds is 71. The summed E-state index contributed by atoms with van der Waals surface area (Å²) in [7, 11) is -10.0. The van der Waals surface area contributed by atoms with Crippen molar-refractivity contribution < 1.29 is 80.2 Å². The van der Waals surface area contributed by atoms with Gasteiger partial charge in [-0.05, 0) is 154 Å². The molecule has 0 spiro atoms. The second-order valence-electron chi connectivity index (χ2n) is 25.2. The van der Waals surface area contributed by atoms with Gasteiger partial charge in [0.15, 0.2) is 12.2 Å². The summed E-state index contributed by atoms with van der Waals surface area (Å²) >= 11 is 0. The third-order valence-corrected chi connectivity index (χ3v) is 17.2. The largest absolute Gasteiger partial charge is 0.472 e. The molecule has 0 aromatic rings. The Bertz CT molecular complexity index is 2690. The number of carbonyl (C=O) groups is 4. The molecule has 0 aliphatic heterocycles. The van der Waals surface area contributed by atoms with Gasteiger partial charge in [-0.3, -0.25) is 37.3 Å². The topological polar surface area (TPSA) is 237 Å². The Kier molecular flexibility index (Phi) is 71.2. The fourth-order valence-corrected chi connectivity index (χ4v) is 11.1. The number of aliphatic hydroxyl groups is 1. The maximum atomic E-state index is 13.1. The van der Waals surface area contributed by atoms with Crippen LogP contribution in [0.5, 0.6) is 0 Å².